The highest BCUT2D eigenvalue weighted by molar-refractivity contribution is 6.35. The summed E-state index contributed by atoms with van der Waals surface area (Å²) >= 11 is 12.2. The molecular formula is C12H17Cl2NO. The average Bonchev–Trinajstić information content (AvgIpc) is 2.24. The highest BCUT2D eigenvalue weighted by atomic mass is 35.5. The van der Waals surface area contributed by atoms with E-state index >= 15 is 0 Å². The number of aliphatic hydroxyl groups is 1. The van der Waals surface area contributed by atoms with Crippen molar-refractivity contribution in [2.75, 3.05) is 19.7 Å². The van der Waals surface area contributed by atoms with Crippen LogP contribution in [0.3, 0.4) is 0 Å². The molecule has 0 saturated heterocycles. The second kappa shape index (κ2) is 7.13. The van der Waals surface area contributed by atoms with Gasteiger partial charge in [-0.3, -0.25) is 4.90 Å². The summed E-state index contributed by atoms with van der Waals surface area (Å²) in [5, 5.41) is 10.3. The SMILES string of the molecule is CCCN(CCO)Cc1c(Cl)cccc1Cl. The number of halogens is 2. The lowest BCUT2D eigenvalue weighted by Crippen LogP contribution is -2.27. The third kappa shape index (κ3) is 3.95. The van der Waals surface area contributed by atoms with Gasteiger partial charge in [0.15, 0.2) is 0 Å². The van der Waals surface area contributed by atoms with Crippen molar-refractivity contribution in [2.24, 2.45) is 0 Å². The number of aliphatic hydroxyl groups excluding tert-OH is 1. The molecule has 0 spiro atoms. The summed E-state index contributed by atoms with van der Waals surface area (Å²) in [6.07, 6.45) is 1.04. The van der Waals surface area contributed by atoms with E-state index in [0.717, 1.165) is 18.5 Å². The van der Waals surface area contributed by atoms with E-state index in [-0.39, 0.29) is 6.61 Å². The molecule has 0 saturated carbocycles. The Kier molecular flexibility index (Phi) is 6.14. The van der Waals surface area contributed by atoms with E-state index in [2.05, 4.69) is 11.8 Å². The Morgan fingerprint density at radius 1 is 1.19 bits per heavy atom. The van der Waals surface area contributed by atoms with Gasteiger partial charge in [-0.2, -0.15) is 0 Å². The second-order valence-electron chi connectivity index (χ2n) is 3.70. The number of hydrogen-bond donors (Lipinski definition) is 1. The Labute approximate surface area is 107 Å². The molecule has 0 amide bonds. The smallest absolute Gasteiger partial charge is 0.0558 e. The summed E-state index contributed by atoms with van der Waals surface area (Å²) in [7, 11) is 0. The molecule has 0 aliphatic heterocycles. The maximum Gasteiger partial charge on any atom is 0.0558 e. The van der Waals surface area contributed by atoms with Gasteiger partial charge in [-0.05, 0) is 25.1 Å². The molecule has 2 nitrogen and oxygen atoms in total. The summed E-state index contributed by atoms with van der Waals surface area (Å²) in [5.41, 5.74) is 0.938. The van der Waals surface area contributed by atoms with Gasteiger partial charge < -0.3 is 5.11 Å². The fraction of sp³-hybridized carbons (Fsp3) is 0.500. The molecule has 0 bridgehead atoms. The Hall–Kier alpha value is -0.280. The zero-order chi connectivity index (χ0) is 12.0. The molecule has 0 radical (unpaired) electrons. The molecule has 90 valence electrons. The van der Waals surface area contributed by atoms with Gasteiger partial charge in [0.25, 0.3) is 0 Å². The van der Waals surface area contributed by atoms with E-state index in [1.807, 2.05) is 18.2 Å². The molecule has 16 heavy (non-hydrogen) atoms. The molecule has 4 heteroatoms. The lowest BCUT2D eigenvalue weighted by molar-refractivity contribution is 0.190. The van der Waals surface area contributed by atoms with Crippen molar-refractivity contribution in [2.45, 2.75) is 19.9 Å². The van der Waals surface area contributed by atoms with Crippen LogP contribution in [0.15, 0.2) is 18.2 Å². The quantitative estimate of drug-likeness (QED) is 0.851. The topological polar surface area (TPSA) is 23.5 Å². The first-order valence-corrected chi connectivity index (χ1v) is 6.20. The van der Waals surface area contributed by atoms with Crippen LogP contribution in [0.1, 0.15) is 18.9 Å². The molecule has 0 fully saturated rings. The van der Waals surface area contributed by atoms with Crippen molar-refractivity contribution in [3.63, 3.8) is 0 Å². The van der Waals surface area contributed by atoms with Crippen molar-refractivity contribution >= 4 is 23.2 Å². The van der Waals surface area contributed by atoms with Crippen molar-refractivity contribution in [1.82, 2.24) is 4.90 Å². The van der Waals surface area contributed by atoms with Crippen LogP contribution in [0.2, 0.25) is 10.0 Å². The van der Waals surface area contributed by atoms with Gasteiger partial charge in [-0.1, -0.05) is 36.2 Å². The minimum absolute atomic E-state index is 0.155. The Morgan fingerprint density at radius 2 is 1.81 bits per heavy atom. The van der Waals surface area contributed by atoms with Gasteiger partial charge in [-0.15, -0.1) is 0 Å². The first-order valence-electron chi connectivity index (χ1n) is 5.45. The summed E-state index contributed by atoms with van der Waals surface area (Å²) in [4.78, 5) is 2.15. The predicted molar refractivity (Wildman–Crippen MR) is 69.1 cm³/mol. The predicted octanol–water partition coefficient (Wildman–Crippen LogP) is 3.20. The standard InChI is InChI=1S/C12H17Cl2NO/c1-2-6-15(7-8-16)9-10-11(13)4-3-5-12(10)14/h3-5,16H,2,6-9H2,1H3. The van der Waals surface area contributed by atoms with Crippen LogP contribution in [0.25, 0.3) is 0 Å². The molecule has 0 heterocycles. The van der Waals surface area contributed by atoms with Gasteiger partial charge in [-0.25, -0.2) is 0 Å². The molecule has 1 rings (SSSR count). The molecule has 0 aromatic heterocycles. The van der Waals surface area contributed by atoms with E-state index in [4.69, 9.17) is 28.3 Å². The van der Waals surface area contributed by atoms with Crippen molar-refractivity contribution in [3.8, 4) is 0 Å². The molecule has 0 aliphatic carbocycles. The summed E-state index contributed by atoms with van der Waals surface area (Å²) in [6.45, 7) is 4.53. The normalized spacial score (nSPS) is 11.1. The fourth-order valence-electron chi connectivity index (χ4n) is 1.63. The minimum Gasteiger partial charge on any atom is -0.395 e. The van der Waals surface area contributed by atoms with E-state index in [0.29, 0.717) is 23.1 Å². The number of nitrogens with zero attached hydrogens (tertiary/aromatic N) is 1. The molecule has 0 unspecified atom stereocenters. The van der Waals surface area contributed by atoms with Gasteiger partial charge in [0.2, 0.25) is 0 Å². The van der Waals surface area contributed by atoms with Crippen LogP contribution in [0, 0.1) is 0 Å². The van der Waals surface area contributed by atoms with Gasteiger partial charge >= 0.3 is 0 Å². The average molecular weight is 262 g/mol. The van der Waals surface area contributed by atoms with Crippen LogP contribution < -0.4 is 0 Å². The Morgan fingerprint density at radius 3 is 2.31 bits per heavy atom. The van der Waals surface area contributed by atoms with Crippen LogP contribution in [-0.4, -0.2) is 29.7 Å². The third-order valence-corrected chi connectivity index (χ3v) is 3.11. The zero-order valence-corrected chi connectivity index (χ0v) is 10.9. The summed E-state index contributed by atoms with van der Waals surface area (Å²) in [5.74, 6) is 0. The molecule has 1 aromatic carbocycles. The summed E-state index contributed by atoms with van der Waals surface area (Å²) < 4.78 is 0. The lowest BCUT2D eigenvalue weighted by atomic mass is 10.2. The monoisotopic (exact) mass is 261 g/mol. The Bertz CT molecular complexity index is 305. The number of hydrogen-bond acceptors (Lipinski definition) is 2. The largest absolute Gasteiger partial charge is 0.395 e. The lowest BCUT2D eigenvalue weighted by Gasteiger charge is -2.21. The second-order valence-corrected chi connectivity index (χ2v) is 4.51. The summed E-state index contributed by atoms with van der Waals surface area (Å²) in [6, 6.07) is 5.52. The molecule has 1 N–H and O–H groups in total. The molecule has 0 atom stereocenters. The van der Waals surface area contributed by atoms with Crippen LogP contribution in [-0.2, 0) is 6.54 Å². The highest BCUT2D eigenvalue weighted by Crippen LogP contribution is 2.25. The first kappa shape index (κ1) is 13.8. The van der Waals surface area contributed by atoms with Crippen LogP contribution >= 0.6 is 23.2 Å². The highest BCUT2D eigenvalue weighted by Gasteiger charge is 2.10. The van der Waals surface area contributed by atoms with Crippen LogP contribution in [0.4, 0.5) is 0 Å². The van der Waals surface area contributed by atoms with Crippen LogP contribution in [0.5, 0.6) is 0 Å². The molecular weight excluding hydrogens is 245 g/mol. The van der Waals surface area contributed by atoms with Gasteiger partial charge in [0.1, 0.15) is 0 Å². The van der Waals surface area contributed by atoms with Gasteiger partial charge in [0, 0.05) is 28.7 Å². The van der Waals surface area contributed by atoms with E-state index in [9.17, 15) is 0 Å². The maximum absolute atomic E-state index is 8.97. The van der Waals surface area contributed by atoms with Crippen molar-refractivity contribution in [3.05, 3.63) is 33.8 Å². The van der Waals surface area contributed by atoms with E-state index in [1.165, 1.54) is 0 Å². The van der Waals surface area contributed by atoms with Crippen molar-refractivity contribution in [1.29, 1.82) is 0 Å². The maximum atomic E-state index is 8.97. The number of rotatable bonds is 6. The molecule has 1 aromatic rings. The molecule has 0 aliphatic rings. The van der Waals surface area contributed by atoms with Gasteiger partial charge in [0.05, 0.1) is 6.61 Å². The zero-order valence-electron chi connectivity index (χ0n) is 9.42. The number of benzene rings is 1. The fourth-order valence-corrected chi connectivity index (χ4v) is 2.15. The third-order valence-electron chi connectivity index (χ3n) is 2.40. The van der Waals surface area contributed by atoms with E-state index < -0.39 is 0 Å². The minimum atomic E-state index is 0.155. The Balaban J connectivity index is 2.76. The first-order chi connectivity index (χ1) is 7.69. The van der Waals surface area contributed by atoms with E-state index in [1.54, 1.807) is 0 Å². The van der Waals surface area contributed by atoms with Crippen molar-refractivity contribution < 1.29 is 5.11 Å².